The van der Waals surface area contributed by atoms with Gasteiger partial charge >= 0.3 is 5.97 Å². The topological polar surface area (TPSA) is 104 Å². The monoisotopic (exact) mass is 297 g/mol. The van der Waals surface area contributed by atoms with Crippen molar-refractivity contribution in [2.24, 2.45) is 0 Å². The second-order valence-corrected chi connectivity index (χ2v) is 5.36. The van der Waals surface area contributed by atoms with Crippen LogP contribution in [0.2, 0.25) is 5.02 Å². The number of sulfonamides is 1. The van der Waals surface area contributed by atoms with Crippen molar-refractivity contribution in [3.8, 4) is 0 Å². The predicted octanol–water partition coefficient (Wildman–Crippen LogP) is 0.203. The molecule has 0 aliphatic rings. The minimum Gasteiger partial charge on any atom is -0.480 e. The molecule has 0 amide bonds. The molecule has 0 bridgehead atoms. The maximum Gasteiger partial charge on any atom is 0.324 e. The minimum atomic E-state index is -4.25. The molecule has 0 fully saturated rings. The number of carboxylic acids is 1. The standard InChI is InChI=1S/C9H9ClFNO5S/c10-6-3-5(11)1-2-8(6)18(16,17)12-7(4-13)9(14)15/h1-3,7,12-13H,4H2,(H,14,15)/t7-/m1/s1. The first kappa shape index (κ1) is 14.8. The van der Waals surface area contributed by atoms with Gasteiger partial charge in [-0.05, 0) is 18.2 Å². The molecule has 18 heavy (non-hydrogen) atoms. The summed E-state index contributed by atoms with van der Waals surface area (Å²) in [5, 5.41) is 17.0. The minimum absolute atomic E-state index is 0.385. The molecule has 6 nitrogen and oxygen atoms in total. The van der Waals surface area contributed by atoms with Crippen LogP contribution in [-0.2, 0) is 14.8 Å². The van der Waals surface area contributed by atoms with Gasteiger partial charge in [0.25, 0.3) is 0 Å². The van der Waals surface area contributed by atoms with E-state index in [1.807, 2.05) is 0 Å². The lowest BCUT2D eigenvalue weighted by atomic mass is 10.3. The van der Waals surface area contributed by atoms with E-state index >= 15 is 0 Å². The van der Waals surface area contributed by atoms with E-state index in [-0.39, 0.29) is 5.02 Å². The molecule has 0 aromatic heterocycles. The Kier molecular flexibility index (Phi) is 4.63. The summed E-state index contributed by atoms with van der Waals surface area (Å²) >= 11 is 5.55. The number of hydrogen-bond donors (Lipinski definition) is 3. The first-order chi connectivity index (χ1) is 8.27. The Balaban J connectivity index is 3.10. The van der Waals surface area contributed by atoms with Gasteiger partial charge in [-0.1, -0.05) is 11.6 Å². The van der Waals surface area contributed by atoms with Gasteiger partial charge < -0.3 is 10.2 Å². The summed E-state index contributed by atoms with van der Waals surface area (Å²) in [6.07, 6.45) is 0. The normalized spacial score (nSPS) is 13.3. The van der Waals surface area contributed by atoms with Crippen LogP contribution in [0.25, 0.3) is 0 Å². The molecule has 0 aliphatic heterocycles. The van der Waals surface area contributed by atoms with Gasteiger partial charge in [0, 0.05) is 0 Å². The molecule has 1 aromatic rings. The molecule has 3 N–H and O–H groups in total. The Morgan fingerprint density at radius 2 is 2.11 bits per heavy atom. The van der Waals surface area contributed by atoms with Crippen molar-refractivity contribution in [2.45, 2.75) is 10.9 Å². The Bertz CT molecular complexity index is 562. The van der Waals surface area contributed by atoms with Gasteiger partial charge in [0.15, 0.2) is 0 Å². The van der Waals surface area contributed by atoms with Gasteiger partial charge in [-0.3, -0.25) is 4.79 Å². The van der Waals surface area contributed by atoms with E-state index in [0.29, 0.717) is 0 Å². The molecule has 0 aliphatic carbocycles. The van der Waals surface area contributed by atoms with E-state index in [2.05, 4.69) is 0 Å². The quantitative estimate of drug-likeness (QED) is 0.720. The number of aliphatic carboxylic acids is 1. The summed E-state index contributed by atoms with van der Waals surface area (Å²) in [7, 11) is -4.25. The first-order valence-electron chi connectivity index (χ1n) is 4.59. The van der Waals surface area contributed by atoms with Crippen LogP contribution in [0.1, 0.15) is 0 Å². The van der Waals surface area contributed by atoms with Crippen molar-refractivity contribution in [3.63, 3.8) is 0 Å². The third-order valence-corrected chi connectivity index (χ3v) is 3.92. The number of carbonyl (C=O) groups is 1. The largest absolute Gasteiger partial charge is 0.480 e. The van der Waals surface area contributed by atoms with E-state index in [1.54, 1.807) is 4.72 Å². The van der Waals surface area contributed by atoms with Crippen molar-refractivity contribution in [3.05, 3.63) is 29.0 Å². The molecule has 1 rings (SSSR count). The summed E-state index contributed by atoms with van der Waals surface area (Å²) in [6.45, 7) is -0.923. The predicted molar refractivity (Wildman–Crippen MR) is 60.2 cm³/mol. The summed E-state index contributed by atoms with van der Waals surface area (Å²) in [4.78, 5) is 10.1. The number of halogens is 2. The fourth-order valence-electron chi connectivity index (χ4n) is 1.11. The second-order valence-electron chi connectivity index (χ2n) is 3.27. The highest BCUT2D eigenvalue weighted by molar-refractivity contribution is 7.89. The van der Waals surface area contributed by atoms with Crippen LogP contribution < -0.4 is 4.72 Å². The number of rotatable bonds is 5. The number of benzene rings is 1. The molecule has 0 unspecified atom stereocenters. The number of hydrogen-bond acceptors (Lipinski definition) is 4. The SMILES string of the molecule is O=C(O)[C@@H](CO)NS(=O)(=O)c1ccc(F)cc1Cl. The van der Waals surface area contributed by atoms with Crippen LogP contribution in [0.15, 0.2) is 23.1 Å². The highest BCUT2D eigenvalue weighted by Gasteiger charge is 2.26. The zero-order chi connectivity index (χ0) is 13.9. The van der Waals surface area contributed by atoms with Crippen LogP contribution in [-0.4, -0.2) is 37.2 Å². The van der Waals surface area contributed by atoms with Crippen LogP contribution in [0.5, 0.6) is 0 Å². The van der Waals surface area contributed by atoms with Crippen molar-refractivity contribution < 1.29 is 27.8 Å². The number of nitrogens with one attached hydrogen (secondary N) is 1. The molecular formula is C9H9ClFNO5S. The van der Waals surface area contributed by atoms with E-state index in [0.717, 1.165) is 18.2 Å². The Hall–Kier alpha value is -1.22. The smallest absolute Gasteiger partial charge is 0.324 e. The number of aliphatic hydroxyl groups excluding tert-OH is 1. The van der Waals surface area contributed by atoms with Crippen LogP contribution >= 0.6 is 11.6 Å². The van der Waals surface area contributed by atoms with Crippen LogP contribution in [0, 0.1) is 5.82 Å². The lowest BCUT2D eigenvalue weighted by Crippen LogP contribution is -2.43. The van der Waals surface area contributed by atoms with Crippen molar-refractivity contribution in [2.75, 3.05) is 6.61 Å². The fourth-order valence-corrected chi connectivity index (χ4v) is 2.82. The zero-order valence-corrected chi connectivity index (χ0v) is 10.4. The van der Waals surface area contributed by atoms with Crippen LogP contribution in [0.4, 0.5) is 4.39 Å². The average Bonchev–Trinajstić information content (AvgIpc) is 2.24. The van der Waals surface area contributed by atoms with Crippen molar-refractivity contribution in [1.82, 2.24) is 4.72 Å². The Labute approximate surface area is 107 Å². The second kappa shape index (κ2) is 5.61. The Morgan fingerprint density at radius 3 is 2.56 bits per heavy atom. The Morgan fingerprint density at radius 1 is 1.50 bits per heavy atom. The molecule has 9 heteroatoms. The lowest BCUT2D eigenvalue weighted by Gasteiger charge is -2.13. The van der Waals surface area contributed by atoms with Crippen molar-refractivity contribution >= 4 is 27.6 Å². The molecule has 100 valence electrons. The van der Waals surface area contributed by atoms with Gasteiger partial charge in [0.05, 0.1) is 11.6 Å². The number of carboxylic acid groups (broad SMARTS) is 1. The summed E-state index contributed by atoms with van der Waals surface area (Å²) in [5.41, 5.74) is 0. The van der Waals surface area contributed by atoms with Crippen LogP contribution in [0.3, 0.4) is 0 Å². The summed E-state index contributed by atoms with van der Waals surface area (Å²) in [6, 6.07) is 0.854. The van der Waals surface area contributed by atoms with E-state index in [4.69, 9.17) is 21.8 Å². The molecule has 0 saturated carbocycles. The van der Waals surface area contributed by atoms with Gasteiger partial charge in [-0.15, -0.1) is 0 Å². The highest BCUT2D eigenvalue weighted by Crippen LogP contribution is 2.22. The third-order valence-electron chi connectivity index (χ3n) is 1.96. The summed E-state index contributed by atoms with van der Waals surface area (Å²) < 4.78 is 38.0. The molecular weight excluding hydrogens is 289 g/mol. The third kappa shape index (κ3) is 3.39. The van der Waals surface area contributed by atoms with Gasteiger partial charge in [-0.2, -0.15) is 4.72 Å². The summed E-state index contributed by atoms with van der Waals surface area (Å²) in [5.74, 6) is -2.27. The van der Waals surface area contributed by atoms with E-state index in [1.165, 1.54) is 0 Å². The maximum absolute atomic E-state index is 12.8. The molecule has 0 saturated heterocycles. The molecule has 1 aromatic carbocycles. The van der Waals surface area contributed by atoms with Gasteiger partial charge in [-0.25, -0.2) is 12.8 Å². The number of aliphatic hydroxyl groups is 1. The lowest BCUT2D eigenvalue weighted by molar-refractivity contribution is -0.139. The van der Waals surface area contributed by atoms with E-state index in [9.17, 15) is 17.6 Å². The highest BCUT2D eigenvalue weighted by atomic mass is 35.5. The molecule has 0 spiro atoms. The molecule has 0 radical (unpaired) electrons. The maximum atomic E-state index is 12.8. The fraction of sp³-hybridized carbons (Fsp3) is 0.222. The van der Waals surface area contributed by atoms with E-state index < -0.39 is 39.4 Å². The van der Waals surface area contributed by atoms with Crippen molar-refractivity contribution in [1.29, 1.82) is 0 Å². The first-order valence-corrected chi connectivity index (χ1v) is 6.45. The molecule has 1 atom stereocenters. The van der Waals surface area contributed by atoms with Gasteiger partial charge in [0.2, 0.25) is 10.0 Å². The molecule has 0 heterocycles. The zero-order valence-electron chi connectivity index (χ0n) is 8.80. The average molecular weight is 298 g/mol. The van der Waals surface area contributed by atoms with Gasteiger partial charge in [0.1, 0.15) is 16.8 Å².